The van der Waals surface area contributed by atoms with Crippen molar-refractivity contribution in [1.82, 2.24) is 4.81 Å². The second-order valence-corrected chi connectivity index (χ2v) is 3.61. The van der Waals surface area contributed by atoms with Crippen molar-refractivity contribution in [2.75, 3.05) is 7.11 Å². The van der Waals surface area contributed by atoms with Gasteiger partial charge in [-0.15, -0.1) is 0 Å². The first-order chi connectivity index (χ1) is 7.06. The third-order valence-corrected chi connectivity index (χ3v) is 2.58. The van der Waals surface area contributed by atoms with Gasteiger partial charge >= 0.3 is 5.97 Å². The van der Waals surface area contributed by atoms with E-state index in [0.717, 1.165) is 4.81 Å². The lowest BCUT2D eigenvalue weighted by molar-refractivity contribution is -0.140. The van der Waals surface area contributed by atoms with Gasteiger partial charge in [-0.3, -0.25) is 9.59 Å². The van der Waals surface area contributed by atoms with E-state index in [0.29, 0.717) is 12.8 Å². The van der Waals surface area contributed by atoms with Crippen LogP contribution in [0.25, 0.3) is 0 Å². The molecule has 1 rings (SSSR count). The smallest absolute Gasteiger partial charge is 0.305 e. The van der Waals surface area contributed by atoms with Crippen LogP contribution in [0.5, 0.6) is 0 Å². The topological polar surface area (TPSA) is 66.8 Å². The number of hydrogen-bond acceptors (Lipinski definition) is 4. The highest BCUT2D eigenvalue weighted by atomic mass is 16.5. The van der Waals surface area contributed by atoms with Crippen molar-refractivity contribution >= 4 is 19.9 Å². The molecule has 2 unspecified atom stereocenters. The van der Waals surface area contributed by atoms with E-state index in [1.54, 1.807) is 0 Å². The summed E-state index contributed by atoms with van der Waals surface area (Å²) in [7, 11) is 6.79. The Morgan fingerprint density at radius 1 is 1.73 bits per heavy atom. The molecule has 1 aliphatic rings. The highest BCUT2D eigenvalue weighted by Crippen LogP contribution is 2.21. The van der Waals surface area contributed by atoms with Crippen molar-refractivity contribution in [3.8, 4) is 0 Å². The van der Waals surface area contributed by atoms with Crippen LogP contribution in [0.1, 0.15) is 25.7 Å². The van der Waals surface area contributed by atoms with E-state index >= 15 is 0 Å². The number of aliphatic hydroxyl groups is 1. The summed E-state index contributed by atoms with van der Waals surface area (Å²) in [6.07, 6.45) is 0.690. The number of aliphatic hydroxyl groups excluding tert-OH is 1. The second kappa shape index (κ2) is 5.16. The van der Waals surface area contributed by atoms with Crippen molar-refractivity contribution in [3.05, 3.63) is 0 Å². The highest BCUT2D eigenvalue weighted by Gasteiger charge is 2.34. The fraction of sp³-hybridized carbons (Fsp3) is 0.778. The van der Waals surface area contributed by atoms with E-state index in [2.05, 4.69) is 4.74 Å². The van der Waals surface area contributed by atoms with E-state index in [4.69, 9.17) is 7.98 Å². The maximum atomic E-state index is 11.1. The Kier molecular flexibility index (Phi) is 4.14. The number of ether oxygens (including phenoxy) is 1. The lowest BCUT2D eigenvalue weighted by Gasteiger charge is -2.22. The molecule has 0 aromatic heterocycles. The fourth-order valence-corrected chi connectivity index (χ4v) is 1.68. The molecule has 1 aliphatic heterocycles. The first-order valence-electron chi connectivity index (χ1n) is 4.88. The molecule has 0 bridgehead atoms. The average molecular weight is 211 g/mol. The molecule has 1 saturated heterocycles. The lowest BCUT2D eigenvalue weighted by Crippen LogP contribution is -2.34. The van der Waals surface area contributed by atoms with Gasteiger partial charge in [0.05, 0.1) is 19.6 Å². The van der Waals surface area contributed by atoms with Gasteiger partial charge in [-0.05, 0) is 12.8 Å². The van der Waals surface area contributed by atoms with E-state index in [9.17, 15) is 14.7 Å². The van der Waals surface area contributed by atoms with Crippen LogP contribution >= 0.6 is 0 Å². The van der Waals surface area contributed by atoms with Crippen molar-refractivity contribution in [1.29, 1.82) is 0 Å². The molecule has 1 heterocycles. The van der Waals surface area contributed by atoms with Crippen LogP contribution in [-0.4, -0.2) is 49.0 Å². The molecule has 15 heavy (non-hydrogen) atoms. The van der Waals surface area contributed by atoms with Gasteiger partial charge in [0.25, 0.3) is 0 Å². The molecule has 5 nitrogen and oxygen atoms in total. The molecule has 0 aromatic carbocycles. The third kappa shape index (κ3) is 2.96. The van der Waals surface area contributed by atoms with Crippen molar-refractivity contribution in [3.63, 3.8) is 0 Å². The molecule has 0 saturated carbocycles. The van der Waals surface area contributed by atoms with Crippen LogP contribution in [-0.2, 0) is 14.3 Å². The minimum Gasteiger partial charge on any atom is -0.469 e. The summed E-state index contributed by atoms with van der Waals surface area (Å²) < 4.78 is 4.48. The normalized spacial score (nSPS) is 25.7. The Bertz CT molecular complexity index is 258. The van der Waals surface area contributed by atoms with Gasteiger partial charge in [-0.1, -0.05) is 0 Å². The quantitative estimate of drug-likeness (QED) is 0.496. The molecule has 2 radical (unpaired) electrons. The molecule has 1 amide bonds. The van der Waals surface area contributed by atoms with Gasteiger partial charge in [-0.2, -0.15) is 0 Å². The maximum Gasteiger partial charge on any atom is 0.305 e. The molecule has 6 heteroatoms. The number of methoxy groups -OCH3 is 1. The molecule has 0 spiro atoms. The molecule has 0 aromatic rings. The summed E-state index contributed by atoms with van der Waals surface area (Å²) in [5.74, 6) is -0.553. The Hall–Kier alpha value is -1.04. The Balaban J connectivity index is 2.32. The largest absolute Gasteiger partial charge is 0.469 e. The minimum absolute atomic E-state index is 0.0688. The zero-order chi connectivity index (χ0) is 11.4. The molecule has 2 atom stereocenters. The number of carbonyl (C=O) groups is 2. The molecule has 1 fully saturated rings. The predicted molar refractivity (Wildman–Crippen MR) is 52.9 cm³/mol. The minimum atomic E-state index is -0.722. The van der Waals surface area contributed by atoms with Crippen molar-refractivity contribution in [2.45, 2.75) is 37.8 Å². The van der Waals surface area contributed by atoms with Crippen LogP contribution in [0.4, 0.5) is 0 Å². The first-order valence-corrected chi connectivity index (χ1v) is 4.88. The molecule has 1 N–H and O–H groups in total. The van der Waals surface area contributed by atoms with Crippen molar-refractivity contribution in [2.24, 2.45) is 0 Å². The van der Waals surface area contributed by atoms with Crippen LogP contribution in [0.15, 0.2) is 0 Å². The van der Waals surface area contributed by atoms with Gasteiger partial charge in [0, 0.05) is 12.5 Å². The SMILES string of the molecule is [B]N1C(=O)CC(O)C1CCCC(=O)OC. The third-order valence-electron chi connectivity index (χ3n) is 2.58. The summed E-state index contributed by atoms with van der Waals surface area (Å²) in [6, 6.07) is -0.373. The zero-order valence-electron chi connectivity index (χ0n) is 8.68. The van der Waals surface area contributed by atoms with Crippen molar-refractivity contribution < 1.29 is 19.4 Å². The summed E-state index contributed by atoms with van der Waals surface area (Å²) in [5.41, 5.74) is 0. The van der Waals surface area contributed by atoms with Gasteiger partial charge in [0.2, 0.25) is 13.9 Å². The number of rotatable bonds is 4. The monoisotopic (exact) mass is 211 g/mol. The van der Waals surface area contributed by atoms with Gasteiger partial charge in [0.1, 0.15) is 0 Å². The number of hydrogen-bond donors (Lipinski definition) is 1. The van der Waals surface area contributed by atoms with Crippen LogP contribution in [0.2, 0.25) is 0 Å². The van der Waals surface area contributed by atoms with E-state index in [1.165, 1.54) is 7.11 Å². The van der Waals surface area contributed by atoms with Crippen LogP contribution in [0.3, 0.4) is 0 Å². The molecule has 0 aliphatic carbocycles. The van der Waals surface area contributed by atoms with Gasteiger partial charge in [0.15, 0.2) is 0 Å². The molecular weight excluding hydrogens is 197 g/mol. The predicted octanol–water partition coefficient (Wildman–Crippen LogP) is -0.625. The van der Waals surface area contributed by atoms with Gasteiger partial charge in [-0.25, -0.2) is 0 Å². The summed E-state index contributed by atoms with van der Waals surface area (Å²) in [5, 5.41) is 9.49. The average Bonchev–Trinajstić information content (AvgIpc) is 2.44. The summed E-state index contributed by atoms with van der Waals surface area (Å²) >= 11 is 0. The molecular formula is C9H14BNO4. The summed E-state index contributed by atoms with van der Waals surface area (Å²) in [6.45, 7) is 0. The number of esters is 1. The maximum absolute atomic E-state index is 11.1. The lowest BCUT2D eigenvalue weighted by atomic mass is 10.0. The Labute approximate surface area is 89.8 Å². The first kappa shape index (κ1) is 12.0. The van der Waals surface area contributed by atoms with E-state index in [1.807, 2.05) is 0 Å². The van der Waals surface area contributed by atoms with Gasteiger partial charge < -0.3 is 14.7 Å². The van der Waals surface area contributed by atoms with Crippen LogP contribution < -0.4 is 0 Å². The van der Waals surface area contributed by atoms with E-state index in [-0.39, 0.29) is 30.8 Å². The van der Waals surface area contributed by atoms with E-state index < -0.39 is 6.10 Å². The Morgan fingerprint density at radius 3 is 2.87 bits per heavy atom. The second-order valence-electron chi connectivity index (χ2n) is 3.61. The zero-order valence-corrected chi connectivity index (χ0v) is 8.68. The molecule has 82 valence electrons. The van der Waals surface area contributed by atoms with Crippen LogP contribution in [0, 0.1) is 0 Å². The number of amides is 1. The standard InChI is InChI=1S/C9H14BNO4/c1-15-9(14)4-2-3-6-7(12)5-8(13)11(6)10/h6-7,12H,2-5H2,1H3. The number of carbonyl (C=O) groups excluding carboxylic acids is 2. The highest BCUT2D eigenvalue weighted by molar-refractivity contribution is 6.15. The summed E-state index contributed by atoms with van der Waals surface area (Å²) in [4.78, 5) is 23.0. The fourth-order valence-electron chi connectivity index (χ4n) is 1.68. The Morgan fingerprint density at radius 2 is 2.40 bits per heavy atom. The number of nitrogens with zero attached hydrogens (tertiary/aromatic N) is 1.